The van der Waals surface area contributed by atoms with Crippen molar-refractivity contribution in [3.63, 3.8) is 0 Å². The molecule has 2 N–H and O–H groups in total. The zero-order valence-corrected chi connectivity index (χ0v) is 13.5. The van der Waals surface area contributed by atoms with E-state index in [9.17, 15) is 8.78 Å². The molecule has 112 valence electrons. The molecule has 0 aliphatic carbocycles. The minimum absolute atomic E-state index is 0.0272. The average molecular weight is 357 g/mol. The van der Waals surface area contributed by atoms with Crippen molar-refractivity contribution >= 4 is 33.3 Å². The van der Waals surface area contributed by atoms with Crippen LogP contribution in [-0.4, -0.2) is 16.5 Å². The molecule has 1 aromatic carbocycles. The maximum Gasteiger partial charge on any atom is 0.148 e. The molecule has 0 amide bonds. The van der Waals surface area contributed by atoms with Crippen LogP contribution in [0.15, 0.2) is 16.6 Å². The minimum atomic E-state index is -0.566. The van der Waals surface area contributed by atoms with Crippen molar-refractivity contribution in [1.29, 1.82) is 0 Å². The number of benzene rings is 1. The third-order valence-electron chi connectivity index (χ3n) is 2.86. The van der Waals surface area contributed by atoms with E-state index in [4.69, 9.17) is 0 Å². The standard InChI is InChI=1S/C14H15BrF2N4/c1-4-18-13-7(2)14(20-8(3)19-13)21-12-6-10(16)9(15)5-11(12)17/h5-6H,4H2,1-3H3,(H2,18,19,20,21). The van der Waals surface area contributed by atoms with Gasteiger partial charge in [0.25, 0.3) is 0 Å². The van der Waals surface area contributed by atoms with Gasteiger partial charge < -0.3 is 10.6 Å². The van der Waals surface area contributed by atoms with Crippen molar-refractivity contribution in [2.24, 2.45) is 0 Å². The van der Waals surface area contributed by atoms with Crippen LogP contribution < -0.4 is 10.6 Å². The summed E-state index contributed by atoms with van der Waals surface area (Å²) >= 11 is 2.95. The molecule has 0 aliphatic heterocycles. The number of aromatic nitrogens is 2. The van der Waals surface area contributed by atoms with Crippen molar-refractivity contribution in [3.8, 4) is 0 Å². The van der Waals surface area contributed by atoms with Crippen LogP contribution in [0.4, 0.5) is 26.1 Å². The van der Waals surface area contributed by atoms with Gasteiger partial charge >= 0.3 is 0 Å². The van der Waals surface area contributed by atoms with Crippen LogP contribution >= 0.6 is 15.9 Å². The fraction of sp³-hybridized carbons (Fsp3) is 0.286. The van der Waals surface area contributed by atoms with Gasteiger partial charge in [-0.15, -0.1) is 0 Å². The molecule has 1 aromatic heterocycles. The maximum atomic E-state index is 13.9. The molecular weight excluding hydrogens is 342 g/mol. The van der Waals surface area contributed by atoms with Crippen molar-refractivity contribution in [2.45, 2.75) is 20.8 Å². The van der Waals surface area contributed by atoms with Gasteiger partial charge in [-0.05, 0) is 42.8 Å². The summed E-state index contributed by atoms with van der Waals surface area (Å²) in [7, 11) is 0. The van der Waals surface area contributed by atoms with Gasteiger partial charge in [-0.2, -0.15) is 0 Å². The van der Waals surface area contributed by atoms with Crippen molar-refractivity contribution < 1.29 is 8.78 Å². The van der Waals surface area contributed by atoms with Gasteiger partial charge in [0.15, 0.2) is 0 Å². The van der Waals surface area contributed by atoms with E-state index in [-0.39, 0.29) is 10.2 Å². The first kappa shape index (κ1) is 15.6. The van der Waals surface area contributed by atoms with Gasteiger partial charge in [-0.1, -0.05) is 0 Å². The molecule has 7 heteroatoms. The average Bonchev–Trinajstić information content (AvgIpc) is 2.41. The van der Waals surface area contributed by atoms with Crippen LogP contribution in [0.3, 0.4) is 0 Å². The number of hydrogen-bond donors (Lipinski definition) is 2. The molecule has 0 atom stereocenters. The van der Waals surface area contributed by atoms with Gasteiger partial charge in [0, 0.05) is 18.2 Å². The van der Waals surface area contributed by atoms with E-state index in [0.29, 0.717) is 24.0 Å². The Morgan fingerprint density at radius 3 is 2.43 bits per heavy atom. The van der Waals surface area contributed by atoms with Crippen LogP contribution in [0.2, 0.25) is 0 Å². The predicted octanol–water partition coefficient (Wildman–Crippen LogP) is 4.31. The number of halogens is 3. The van der Waals surface area contributed by atoms with Crippen molar-refractivity contribution in [2.75, 3.05) is 17.2 Å². The molecule has 0 fully saturated rings. The van der Waals surface area contributed by atoms with Crippen LogP contribution in [0.1, 0.15) is 18.3 Å². The molecule has 0 spiro atoms. The highest BCUT2D eigenvalue weighted by molar-refractivity contribution is 9.10. The number of anilines is 3. The van der Waals surface area contributed by atoms with E-state index in [1.165, 1.54) is 0 Å². The zero-order valence-electron chi connectivity index (χ0n) is 11.9. The lowest BCUT2D eigenvalue weighted by atomic mass is 10.2. The Morgan fingerprint density at radius 2 is 1.76 bits per heavy atom. The highest BCUT2D eigenvalue weighted by Gasteiger charge is 2.13. The number of rotatable bonds is 4. The fourth-order valence-corrected chi connectivity index (χ4v) is 2.15. The lowest BCUT2D eigenvalue weighted by Gasteiger charge is -2.14. The summed E-state index contributed by atoms with van der Waals surface area (Å²) in [4.78, 5) is 8.52. The molecular formula is C14H15BrF2N4. The van der Waals surface area contributed by atoms with Crippen molar-refractivity contribution in [1.82, 2.24) is 9.97 Å². The van der Waals surface area contributed by atoms with Gasteiger partial charge in [0.2, 0.25) is 0 Å². The SMILES string of the molecule is CCNc1nc(C)nc(Nc2cc(F)c(Br)cc2F)c1C. The monoisotopic (exact) mass is 356 g/mol. The minimum Gasteiger partial charge on any atom is -0.370 e. The van der Waals surface area contributed by atoms with E-state index in [1.54, 1.807) is 6.92 Å². The Kier molecular flexibility index (Phi) is 4.72. The predicted molar refractivity (Wildman–Crippen MR) is 83.0 cm³/mol. The number of nitrogens with zero attached hydrogens (tertiary/aromatic N) is 2. The molecule has 0 radical (unpaired) electrons. The second kappa shape index (κ2) is 6.34. The van der Waals surface area contributed by atoms with Crippen LogP contribution in [0.5, 0.6) is 0 Å². The lowest BCUT2D eigenvalue weighted by Crippen LogP contribution is -2.08. The maximum absolute atomic E-state index is 13.9. The summed E-state index contributed by atoms with van der Waals surface area (Å²) in [6.07, 6.45) is 0. The largest absolute Gasteiger partial charge is 0.370 e. The zero-order chi connectivity index (χ0) is 15.6. The molecule has 0 saturated carbocycles. The van der Waals surface area contributed by atoms with E-state index in [0.717, 1.165) is 17.7 Å². The Balaban J connectivity index is 2.42. The van der Waals surface area contributed by atoms with Crippen LogP contribution in [0.25, 0.3) is 0 Å². The number of aryl methyl sites for hydroxylation is 1. The number of hydrogen-bond acceptors (Lipinski definition) is 4. The molecule has 2 rings (SSSR count). The highest BCUT2D eigenvalue weighted by Crippen LogP contribution is 2.28. The summed E-state index contributed by atoms with van der Waals surface area (Å²) in [5, 5.41) is 5.93. The summed E-state index contributed by atoms with van der Waals surface area (Å²) < 4.78 is 27.5. The second-order valence-corrected chi connectivity index (χ2v) is 5.35. The van der Waals surface area contributed by atoms with Crippen molar-refractivity contribution in [3.05, 3.63) is 39.6 Å². The first-order valence-corrected chi connectivity index (χ1v) is 7.22. The quantitative estimate of drug-likeness (QED) is 0.801. The molecule has 0 unspecified atom stereocenters. The van der Waals surface area contributed by atoms with E-state index < -0.39 is 11.6 Å². The van der Waals surface area contributed by atoms with Gasteiger partial charge in [0.05, 0.1) is 10.2 Å². The van der Waals surface area contributed by atoms with E-state index in [2.05, 4.69) is 36.5 Å². The normalized spacial score (nSPS) is 10.6. The number of nitrogens with one attached hydrogen (secondary N) is 2. The highest BCUT2D eigenvalue weighted by atomic mass is 79.9. The van der Waals surface area contributed by atoms with E-state index in [1.807, 2.05) is 13.8 Å². The summed E-state index contributed by atoms with van der Waals surface area (Å²) in [6, 6.07) is 2.16. The smallest absolute Gasteiger partial charge is 0.148 e. The second-order valence-electron chi connectivity index (χ2n) is 4.49. The molecule has 2 aromatic rings. The molecule has 4 nitrogen and oxygen atoms in total. The Bertz CT molecular complexity index is 677. The lowest BCUT2D eigenvalue weighted by molar-refractivity contribution is 0.597. The van der Waals surface area contributed by atoms with Gasteiger partial charge in [-0.25, -0.2) is 18.7 Å². The van der Waals surface area contributed by atoms with E-state index >= 15 is 0 Å². The van der Waals surface area contributed by atoms with Gasteiger partial charge in [0.1, 0.15) is 29.1 Å². The van der Waals surface area contributed by atoms with Gasteiger partial charge in [-0.3, -0.25) is 0 Å². The first-order valence-electron chi connectivity index (χ1n) is 6.43. The topological polar surface area (TPSA) is 49.8 Å². The summed E-state index contributed by atoms with van der Waals surface area (Å²) in [6.45, 7) is 6.21. The molecule has 21 heavy (non-hydrogen) atoms. The fourth-order valence-electron chi connectivity index (χ4n) is 1.84. The third kappa shape index (κ3) is 3.47. The molecule has 1 heterocycles. The van der Waals surface area contributed by atoms with Crippen LogP contribution in [0, 0.1) is 25.5 Å². The Labute approximate surface area is 130 Å². The third-order valence-corrected chi connectivity index (χ3v) is 3.47. The molecule has 0 saturated heterocycles. The Morgan fingerprint density at radius 1 is 1.10 bits per heavy atom. The first-order chi connectivity index (χ1) is 9.92. The molecule has 0 bridgehead atoms. The summed E-state index contributed by atoms with van der Waals surface area (Å²) in [5.41, 5.74) is 0.768. The van der Waals surface area contributed by atoms with Crippen LogP contribution in [-0.2, 0) is 0 Å². The Hall–Kier alpha value is -1.76. The summed E-state index contributed by atoms with van der Waals surface area (Å²) in [5.74, 6) is 0.541. The molecule has 0 aliphatic rings.